The van der Waals surface area contributed by atoms with E-state index in [-0.39, 0.29) is 0 Å². The number of nitriles is 1. The molecule has 2 nitrogen and oxygen atoms in total. The average Bonchev–Trinajstić information content (AvgIpc) is 2.53. The summed E-state index contributed by atoms with van der Waals surface area (Å²) < 4.78 is 5.12. The van der Waals surface area contributed by atoms with E-state index in [0.29, 0.717) is 6.42 Å². The van der Waals surface area contributed by atoms with Crippen molar-refractivity contribution in [2.75, 3.05) is 0 Å². The molecule has 0 aliphatic heterocycles. The third kappa shape index (κ3) is 2.63. The van der Waals surface area contributed by atoms with Crippen molar-refractivity contribution in [2.24, 2.45) is 0 Å². The molecule has 12 heavy (non-hydrogen) atoms. The van der Waals surface area contributed by atoms with Gasteiger partial charge >= 0.3 is 0 Å². The number of hydrogen-bond acceptors (Lipinski definition) is 2. The fraction of sp³-hybridized carbons (Fsp3) is 0.300. The van der Waals surface area contributed by atoms with E-state index < -0.39 is 0 Å². The molecule has 1 aromatic heterocycles. The monoisotopic (exact) mass is 161 g/mol. The molecule has 1 aromatic rings. The molecule has 1 heterocycles. The highest BCUT2D eigenvalue weighted by atomic mass is 16.3. The lowest BCUT2D eigenvalue weighted by atomic mass is 10.1. The molecule has 0 radical (unpaired) electrons. The van der Waals surface area contributed by atoms with Crippen LogP contribution in [0.1, 0.15) is 25.5 Å². The first kappa shape index (κ1) is 8.61. The summed E-state index contributed by atoms with van der Waals surface area (Å²) in [4.78, 5) is 0. The van der Waals surface area contributed by atoms with Gasteiger partial charge in [-0.1, -0.05) is 5.57 Å². The Bertz CT molecular complexity index is 290. The molecular weight excluding hydrogens is 150 g/mol. The van der Waals surface area contributed by atoms with Crippen LogP contribution in [-0.4, -0.2) is 0 Å². The van der Waals surface area contributed by atoms with E-state index in [4.69, 9.17) is 9.68 Å². The van der Waals surface area contributed by atoms with E-state index in [9.17, 15) is 0 Å². The molecule has 0 amide bonds. The summed E-state index contributed by atoms with van der Waals surface area (Å²) in [7, 11) is 0. The maximum absolute atomic E-state index is 8.34. The third-order valence-electron chi connectivity index (χ3n) is 1.56. The zero-order valence-electron chi connectivity index (χ0n) is 7.08. The molecule has 0 aliphatic rings. The molecule has 0 saturated carbocycles. The SMILES string of the molecule is C/C(=C\c1ccco1)CCC#N. The smallest absolute Gasteiger partial charge is 0.126 e. The Morgan fingerprint density at radius 1 is 1.75 bits per heavy atom. The Morgan fingerprint density at radius 2 is 2.58 bits per heavy atom. The van der Waals surface area contributed by atoms with E-state index in [2.05, 4.69) is 6.07 Å². The van der Waals surface area contributed by atoms with Gasteiger partial charge in [0.25, 0.3) is 0 Å². The zero-order valence-corrected chi connectivity index (χ0v) is 7.08. The standard InChI is InChI=1S/C10H11NO/c1-9(4-2-6-11)8-10-5-3-7-12-10/h3,5,7-8H,2,4H2,1H3/b9-8+. The predicted octanol–water partition coefficient (Wildman–Crippen LogP) is 2.99. The van der Waals surface area contributed by atoms with E-state index in [0.717, 1.165) is 12.2 Å². The average molecular weight is 161 g/mol. The molecule has 2 heteroatoms. The number of hydrogen-bond donors (Lipinski definition) is 0. The van der Waals surface area contributed by atoms with Crippen molar-refractivity contribution in [2.45, 2.75) is 19.8 Å². The van der Waals surface area contributed by atoms with Crippen molar-refractivity contribution in [3.8, 4) is 6.07 Å². The molecule has 0 N–H and O–H groups in total. The normalized spacial score (nSPS) is 11.2. The Hall–Kier alpha value is -1.49. The maximum atomic E-state index is 8.34. The van der Waals surface area contributed by atoms with Crippen LogP contribution in [0.2, 0.25) is 0 Å². The summed E-state index contributed by atoms with van der Waals surface area (Å²) in [6.07, 6.45) is 4.99. The molecule has 0 unspecified atom stereocenters. The first-order valence-electron chi connectivity index (χ1n) is 3.90. The zero-order chi connectivity index (χ0) is 8.81. The molecule has 0 fully saturated rings. The summed E-state index contributed by atoms with van der Waals surface area (Å²) in [6, 6.07) is 5.86. The second-order valence-electron chi connectivity index (χ2n) is 2.66. The van der Waals surface area contributed by atoms with Gasteiger partial charge in [0.1, 0.15) is 5.76 Å². The fourth-order valence-electron chi connectivity index (χ4n) is 0.941. The highest BCUT2D eigenvalue weighted by molar-refractivity contribution is 5.46. The van der Waals surface area contributed by atoms with Gasteiger partial charge in [0.2, 0.25) is 0 Å². The molecule has 0 saturated heterocycles. The van der Waals surface area contributed by atoms with Gasteiger partial charge in [-0.2, -0.15) is 5.26 Å². The molecule has 0 aliphatic carbocycles. The summed E-state index contributed by atoms with van der Waals surface area (Å²) in [5, 5.41) is 8.34. The van der Waals surface area contributed by atoms with Gasteiger partial charge in [0.15, 0.2) is 0 Å². The van der Waals surface area contributed by atoms with Gasteiger partial charge in [-0.05, 0) is 31.6 Å². The van der Waals surface area contributed by atoms with E-state index in [1.54, 1.807) is 6.26 Å². The largest absolute Gasteiger partial charge is 0.465 e. The van der Waals surface area contributed by atoms with Crippen LogP contribution in [-0.2, 0) is 0 Å². The van der Waals surface area contributed by atoms with Crippen molar-refractivity contribution in [1.29, 1.82) is 5.26 Å². The molecule has 0 spiro atoms. The van der Waals surface area contributed by atoms with Crippen molar-refractivity contribution in [3.05, 3.63) is 29.7 Å². The van der Waals surface area contributed by atoms with Crippen LogP contribution >= 0.6 is 0 Å². The van der Waals surface area contributed by atoms with E-state index >= 15 is 0 Å². The maximum Gasteiger partial charge on any atom is 0.126 e. The van der Waals surface area contributed by atoms with Gasteiger partial charge in [0, 0.05) is 6.42 Å². The first-order valence-corrected chi connectivity index (χ1v) is 3.90. The van der Waals surface area contributed by atoms with E-state index in [1.807, 2.05) is 25.1 Å². The van der Waals surface area contributed by atoms with Crippen molar-refractivity contribution >= 4 is 6.08 Å². The second-order valence-corrected chi connectivity index (χ2v) is 2.66. The third-order valence-corrected chi connectivity index (χ3v) is 1.56. The van der Waals surface area contributed by atoms with Gasteiger partial charge in [-0.25, -0.2) is 0 Å². The Labute approximate surface area is 72.1 Å². The molecule has 0 bridgehead atoms. The van der Waals surface area contributed by atoms with Gasteiger partial charge in [0.05, 0.1) is 12.3 Å². The summed E-state index contributed by atoms with van der Waals surface area (Å²) in [6.45, 7) is 2.00. The van der Waals surface area contributed by atoms with Crippen LogP contribution in [0.25, 0.3) is 6.08 Å². The van der Waals surface area contributed by atoms with Crippen LogP contribution in [0.4, 0.5) is 0 Å². The molecule has 1 rings (SSSR count). The lowest BCUT2D eigenvalue weighted by Gasteiger charge is -1.93. The van der Waals surface area contributed by atoms with E-state index in [1.165, 1.54) is 5.57 Å². The van der Waals surface area contributed by atoms with Gasteiger partial charge in [-0.15, -0.1) is 0 Å². The number of rotatable bonds is 3. The summed E-state index contributed by atoms with van der Waals surface area (Å²) in [5.74, 6) is 0.852. The second kappa shape index (κ2) is 4.40. The lowest BCUT2D eigenvalue weighted by Crippen LogP contribution is -1.75. The quantitative estimate of drug-likeness (QED) is 0.683. The minimum atomic E-state index is 0.572. The van der Waals surface area contributed by atoms with Crippen LogP contribution in [0, 0.1) is 11.3 Å². The molecular formula is C10H11NO. The van der Waals surface area contributed by atoms with Crippen molar-refractivity contribution in [3.63, 3.8) is 0 Å². The van der Waals surface area contributed by atoms with Crippen LogP contribution in [0.5, 0.6) is 0 Å². The summed E-state index contributed by atoms with van der Waals surface area (Å²) >= 11 is 0. The number of allylic oxidation sites excluding steroid dienone is 1. The Balaban J connectivity index is 2.53. The Morgan fingerprint density at radius 3 is 3.17 bits per heavy atom. The predicted molar refractivity (Wildman–Crippen MR) is 47.2 cm³/mol. The highest BCUT2D eigenvalue weighted by Gasteiger charge is 1.92. The molecule has 62 valence electrons. The minimum absolute atomic E-state index is 0.572. The minimum Gasteiger partial charge on any atom is -0.465 e. The van der Waals surface area contributed by atoms with Gasteiger partial charge < -0.3 is 4.42 Å². The fourth-order valence-corrected chi connectivity index (χ4v) is 0.941. The number of nitrogens with zero attached hydrogens (tertiary/aromatic N) is 1. The van der Waals surface area contributed by atoms with Gasteiger partial charge in [-0.3, -0.25) is 0 Å². The Kier molecular flexibility index (Phi) is 3.16. The molecule has 0 aromatic carbocycles. The first-order chi connectivity index (χ1) is 5.83. The van der Waals surface area contributed by atoms with Crippen LogP contribution in [0.15, 0.2) is 28.4 Å². The molecule has 0 atom stereocenters. The number of furan rings is 1. The van der Waals surface area contributed by atoms with Crippen LogP contribution < -0.4 is 0 Å². The van der Waals surface area contributed by atoms with Crippen molar-refractivity contribution < 1.29 is 4.42 Å². The topological polar surface area (TPSA) is 36.9 Å². The van der Waals surface area contributed by atoms with Crippen molar-refractivity contribution in [1.82, 2.24) is 0 Å². The summed E-state index contributed by atoms with van der Waals surface area (Å²) in [5.41, 5.74) is 1.17. The lowest BCUT2D eigenvalue weighted by molar-refractivity contribution is 0.556. The highest BCUT2D eigenvalue weighted by Crippen LogP contribution is 2.10. The van der Waals surface area contributed by atoms with Crippen LogP contribution in [0.3, 0.4) is 0 Å².